The molecule has 0 fully saturated rings. The van der Waals surface area contributed by atoms with Crippen molar-refractivity contribution in [3.05, 3.63) is 117 Å². The van der Waals surface area contributed by atoms with Gasteiger partial charge in [-0.05, 0) is 75.4 Å². The molecule has 2 heteroatoms. The molecule has 1 aromatic heterocycles. The molecule has 2 bridgehead atoms. The molecule has 170 valence electrons. The fourth-order valence-corrected chi connectivity index (χ4v) is 6.78. The molecule has 2 atom stereocenters. The molecular weight excluding hydrogens is 424 g/mol. The average Bonchev–Trinajstić information content (AvgIpc) is 3.09. The van der Waals surface area contributed by atoms with Crippen molar-refractivity contribution >= 4 is 21.8 Å². The van der Waals surface area contributed by atoms with Gasteiger partial charge in [0.25, 0.3) is 0 Å². The van der Waals surface area contributed by atoms with Crippen LogP contribution in [0.4, 0.5) is 0 Å². The first kappa shape index (κ1) is 20.5. The lowest BCUT2D eigenvalue weighted by atomic mass is 9.69. The Labute approximate surface area is 206 Å². The lowest BCUT2D eigenvalue weighted by Crippen LogP contribution is -2.19. The number of H-pyrrole nitrogens is 1. The lowest BCUT2D eigenvalue weighted by molar-refractivity contribution is 0.591. The maximum absolute atomic E-state index is 10.5. The highest BCUT2D eigenvalue weighted by Crippen LogP contribution is 2.56. The summed E-state index contributed by atoms with van der Waals surface area (Å²) in [4.78, 5) is 3.73. The molecule has 0 amide bonds. The number of aromatic amines is 1. The van der Waals surface area contributed by atoms with E-state index in [4.69, 9.17) is 0 Å². The molecular formula is C33H28N2. The summed E-state index contributed by atoms with van der Waals surface area (Å²) < 4.78 is 0. The zero-order valence-corrected chi connectivity index (χ0v) is 20.7. The largest absolute Gasteiger partial charge is 0.354 e. The highest BCUT2D eigenvalue weighted by atomic mass is 14.7. The third-order valence-electron chi connectivity index (χ3n) is 8.46. The summed E-state index contributed by atoms with van der Waals surface area (Å²) in [6, 6.07) is 27.4. The smallest absolute Gasteiger partial charge is 0.0998 e. The molecule has 35 heavy (non-hydrogen) atoms. The van der Waals surface area contributed by atoms with Crippen LogP contribution in [0.15, 0.2) is 66.7 Å². The van der Waals surface area contributed by atoms with Crippen LogP contribution in [-0.2, 0) is 11.8 Å². The first-order chi connectivity index (χ1) is 16.9. The zero-order valence-electron chi connectivity index (χ0n) is 20.7. The van der Waals surface area contributed by atoms with Gasteiger partial charge in [-0.2, -0.15) is 5.26 Å². The number of aromatic nitrogens is 1. The molecule has 5 aromatic rings. The Morgan fingerprint density at radius 3 is 2.34 bits per heavy atom. The number of nitrogens with one attached hydrogen (secondary N) is 1. The molecule has 1 N–H and O–H groups in total. The maximum atomic E-state index is 10.5. The second kappa shape index (κ2) is 6.86. The molecule has 0 saturated heterocycles. The zero-order chi connectivity index (χ0) is 24.1. The molecule has 0 saturated carbocycles. The van der Waals surface area contributed by atoms with E-state index in [0.29, 0.717) is 0 Å². The molecule has 1 heterocycles. The van der Waals surface area contributed by atoms with E-state index < -0.39 is 0 Å². The minimum Gasteiger partial charge on any atom is -0.354 e. The van der Waals surface area contributed by atoms with Crippen LogP contribution in [0.1, 0.15) is 82.7 Å². The van der Waals surface area contributed by atoms with Crippen LogP contribution in [-0.4, -0.2) is 4.98 Å². The Morgan fingerprint density at radius 1 is 0.886 bits per heavy atom. The quantitative estimate of drug-likeness (QED) is 0.254. The second-order valence-corrected chi connectivity index (χ2v) is 11.3. The summed E-state index contributed by atoms with van der Waals surface area (Å²) in [6.45, 7) is 8.95. The van der Waals surface area contributed by atoms with E-state index in [1.54, 1.807) is 0 Å². The minimum absolute atomic E-state index is 0.0641. The van der Waals surface area contributed by atoms with Crippen molar-refractivity contribution in [1.82, 2.24) is 4.98 Å². The van der Waals surface area contributed by atoms with Gasteiger partial charge in [0.2, 0.25) is 0 Å². The molecule has 2 unspecified atom stereocenters. The predicted molar refractivity (Wildman–Crippen MR) is 143 cm³/mol. The molecule has 8 rings (SSSR count). The topological polar surface area (TPSA) is 39.6 Å². The van der Waals surface area contributed by atoms with E-state index in [9.17, 15) is 5.26 Å². The van der Waals surface area contributed by atoms with Crippen LogP contribution < -0.4 is 0 Å². The SMILES string of the molecule is Cc1c(C#N)c2c(c3c1[nH]c1ccc(C(C)(C)C)cc13)C1c3ccccc3CC2c2ccccc21. The van der Waals surface area contributed by atoms with E-state index in [1.807, 2.05) is 0 Å². The highest BCUT2D eigenvalue weighted by Gasteiger charge is 2.41. The third kappa shape index (κ3) is 2.64. The van der Waals surface area contributed by atoms with Crippen molar-refractivity contribution in [2.45, 2.75) is 51.4 Å². The second-order valence-electron chi connectivity index (χ2n) is 11.3. The number of rotatable bonds is 0. The summed E-state index contributed by atoms with van der Waals surface area (Å²) in [5.74, 6) is 0.318. The van der Waals surface area contributed by atoms with Crippen molar-refractivity contribution in [2.24, 2.45) is 0 Å². The first-order valence-electron chi connectivity index (χ1n) is 12.6. The van der Waals surface area contributed by atoms with Crippen LogP contribution in [0, 0.1) is 18.3 Å². The minimum atomic E-state index is 0.0641. The van der Waals surface area contributed by atoms with Crippen LogP contribution in [0.5, 0.6) is 0 Å². The van der Waals surface area contributed by atoms with Crippen LogP contribution in [0.2, 0.25) is 0 Å². The first-order valence-corrected chi connectivity index (χ1v) is 12.6. The van der Waals surface area contributed by atoms with Gasteiger partial charge in [-0.1, -0.05) is 75.4 Å². The van der Waals surface area contributed by atoms with E-state index in [1.165, 1.54) is 49.7 Å². The van der Waals surface area contributed by atoms with Gasteiger partial charge in [-0.25, -0.2) is 0 Å². The number of aryl methyl sites for hydroxylation is 1. The van der Waals surface area contributed by atoms with Crippen molar-refractivity contribution in [2.75, 3.05) is 0 Å². The Hall–Kier alpha value is -3.83. The molecule has 2 nitrogen and oxygen atoms in total. The van der Waals surface area contributed by atoms with Crippen LogP contribution in [0.3, 0.4) is 0 Å². The number of hydrogen-bond donors (Lipinski definition) is 1. The van der Waals surface area contributed by atoms with Gasteiger partial charge < -0.3 is 4.98 Å². The van der Waals surface area contributed by atoms with E-state index in [2.05, 4.69) is 105 Å². The fraction of sp³-hybridized carbons (Fsp3) is 0.242. The van der Waals surface area contributed by atoms with Gasteiger partial charge in [-0.15, -0.1) is 0 Å². The monoisotopic (exact) mass is 452 g/mol. The molecule has 0 spiro atoms. The number of nitriles is 1. The number of nitrogens with zero attached hydrogens (tertiary/aromatic N) is 1. The lowest BCUT2D eigenvalue weighted by Gasteiger charge is -2.33. The van der Waals surface area contributed by atoms with E-state index >= 15 is 0 Å². The summed E-state index contributed by atoms with van der Waals surface area (Å²) in [6.07, 6.45) is 0.936. The van der Waals surface area contributed by atoms with Crippen LogP contribution >= 0.6 is 0 Å². The van der Waals surface area contributed by atoms with Gasteiger partial charge in [0.05, 0.1) is 17.1 Å². The Bertz CT molecular complexity index is 1720. The van der Waals surface area contributed by atoms with E-state index in [-0.39, 0.29) is 17.3 Å². The molecule has 0 radical (unpaired) electrons. The average molecular weight is 453 g/mol. The Balaban J connectivity index is 1.72. The normalized spacial score (nSPS) is 18.1. The van der Waals surface area contributed by atoms with Crippen LogP contribution in [0.25, 0.3) is 21.8 Å². The number of benzene rings is 4. The number of hydrogen-bond acceptors (Lipinski definition) is 1. The van der Waals surface area contributed by atoms with Gasteiger partial charge in [0.1, 0.15) is 0 Å². The van der Waals surface area contributed by atoms with Crippen molar-refractivity contribution < 1.29 is 0 Å². The molecule has 0 aliphatic heterocycles. The van der Waals surface area contributed by atoms with Gasteiger partial charge in [0, 0.05) is 28.1 Å². The standard InChI is InChI=1S/C33H28N2/c1-18-26(17-34)29-24-15-19-9-5-6-10-21(19)28(23-12-8-7-11-22(23)24)31(29)30-25-16-20(33(2,3)4)13-14-27(25)35-32(18)30/h5-14,16,24,28,35H,15H2,1-4H3. The van der Waals surface area contributed by atoms with Crippen molar-refractivity contribution in [3.63, 3.8) is 0 Å². The summed E-state index contributed by atoms with van der Waals surface area (Å²) in [7, 11) is 0. The summed E-state index contributed by atoms with van der Waals surface area (Å²) in [5, 5.41) is 13.1. The Morgan fingerprint density at radius 2 is 1.60 bits per heavy atom. The molecule has 4 aromatic carbocycles. The fourth-order valence-electron chi connectivity index (χ4n) is 6.78. The molecule has 3 aliphatic rings. The van der Waals surface area contributed by atoms with E-state index in [0.717, 1.165) is 28.6 Å². The molecule has 3 aliphatic carbocycles. The third-order valence-corrected chi connectivity index (χ3v) is 8.46. The summed E-state index contributed by atoms with van der Waals surface area (Å²) in [5.41, 5.74) is 13.7. The number of fused-ring (bicyclic) bond motifs is 3. The van der Waals surface area contributed by atoms with Gasteiger partial charge >= 0.3 is 0 Å². The summed E-state index contributed by atoms with van der Waals surface area (Å²) >= 11 is 0. The Kier molecular flexibility index (Phi) is 4.03. The van der Waals surface area contributed by atoms with Gasteiger partial charge in [0.15, 0.2) is 0 Å². The van der Waals surface area contributed by atoms with Crippen molar-refractivity contribution in [3.8, 4) is 6.07 Å². The van der Waals surface area contributed by atoms with Crippen molar-refractivity contribution in [1.29, 1.82) is 5.26 Å². The predicted octanol–water partition coefficient (Wildman–Crippen LogP) is 7.98. The van der Waals surface area contributed by atoms with Gasteiger partial charge in [-0.3, -0.25) is 0 Å². The maximum Gasteiger partial charge on any atom is 0.0998 e. The highest BCUT2D eigenvalue weighted by molar-refractivity contribution is 6.12.